The van der Waals surface area contributed by atoms with Crippen LogP contribution in [0.5, 0.6) is 5.75 Å². The molecule has 0 saturated heterocycles. The Kier molecular flexibility index (Phi) is 10.6. The molecular formula is C32H41N3O5S. The van der Waals surface area contributed by atoms with Gasteiger partial charge in [0, 0.05) is 12.1 Å². The summed E-state index contributed by atoms with van der Waals surface area (Å²) in [5, 5.41) is 2.99. The molecule has 0 unspecified atom stereocenters. The first-order chi connectivity index (χ1) is 19.4. The van der Waals surface area contributed by atoms with Gasteiger partial charge in [-0.3, -0.25) is 13.9 Å². The molecule has 2 amide bonds. The van der Waals surface area contributed by atoms with Gasteiger partial charge in [-0.15, -0.1) is 0 Å². The number of ether oxygens (including phenoxy) is 1. The SMILES string of the molecule is CC[C@H](C(=O)NC(C)(C)C)N(CCc1ccccc1)C(=O)CN(c1cc(C)ccc1OC)S(=O)(=O)c1ccccc1. The Labute approximate surface area is 244 Å². The number of aryl methyl sites for hydroxylation is 1. The number of amides is 2. The van der Waals surface area contributed by atoms with E-state index in [2.05, 4.69) is 5.32 Å². The fraction of sp³-hybridized carbons (Fsp3) is 0.375. The minimum absolute atomic E-state index is 0.0460. The number of methoxy groups -OCH3 is 1. The molecule has 41 heavy (non-hydrogen) atoms. The van der Waals surface area contributed by atoms with E-state index in [1.165, 1.54) is 24.1 Å². The van der Waals surface area contributed by atoms with Crippen LogP contribution in [0.15, 0.2) is 83.8 Å². The third-order valence-electron chi connectivity index (χ3n) is 6.58. The van der Waals surface area contributed by atoms with Gasteiger partial charge in [-0.25, -0.2) is 8.42 Å². The minimum atomic E-state index is -4.18. The maximum Gasteiger partial charge on any atom is 0.264 e. The van der Waals surface area contributed by atoms with Crippen molar-refractivity contribution in [3.8, 4) is 5.75 Å². The highest BCUT2D eigenvalue weighted by Crippen LogP contribution is 2.33. The Morgan fingerprint density at radius 3 is 2.12 bits per heavy atom. The van der Waals surface area contributed by atoms with Crippen LogP contribution in [-0.2, 0) is 26.0 Å². The van der Waals surface area contributed by atoms with Crippen LogP contribution >= 0.6 is 0 Å². The van der Waals surface area contributed by atoms with Gasteiger partial charge in [0.05, 0.1) is 17.7 Å². The lowest BCUT2D eigenvalue weighted by Gasteiger charge is -2.35. The lowest BCUT2D eigenvalue weighted by molar-refractivity contribution is -0.140. The van der Waals surface area contributed by atoms with Crippen LogP contribution in [0.3, 0.4) is 0 Å². The first kappa shape index (κ1) is 31.7. The Bertz CT molecular complexity index is 1420. The van der Waals surface area contributed by atoms with E-state index in [9.17, 15) is 18.0 Å². The van der Waals surface area contributed by atoms with E-state index in [1.807, 2.05) is 71.0 Å². The van der Waals surface area contributed by atoms with Gasteiger partial charge in [-0.2, -0.15) is 0 Å². The summed E-state index contributed by atoms with van der Waals surface area (Å²) in [6, 6.07) is 22.1. The number of benzene rings is 3. The van der Waals surface area contributed by atoms with Gasteiger partial charge in [0.1, 0.15) is 18.3 Å². The van der Waals surface area contributed by atoms with Gasteiger partial charge in [-0.1, -0.05) is 61.5 Å². The van der Waals surface area contributed by atoms with Crippen molar-refractivity contribution in [2.45, 2.75) is 63.9 Å². The molecule has 1 N–H and O–H groups in total. The number of carbonyl (C=O) groups excluding carboxylic acids is 2. The van der Waals surface area contributed by atoms with Crippen LogP contribution in [0.1, 0.15) is 45.2 Å². The number of nitrogens with one attached hydrogen (secondary N) is 1. The normalized spacial score (nSPS) is 12.3. The zero-order valence-corrected chi connectivity index (χ0v) is 25.6. The highest BCUT2D eigenvalue weighted by molar-refractivity contribution is 7.92. The molecular weight excluding hydrogens is 538 g/mol. The Hall–Kier alpha value is -3.85. The molecule has 9 heteroatoms. The van der Waals surface area contributed by atoms with Crippen LogP contribution in [0.4, 0.5) is 5.69 Å². The number of carbonyl (C=O) groups is 2. The molecule has 0 bridgehead atoms. The molecule has 0 saturated carbocycles. The second-order valence-corrected chi connectivity index (χ2v) is 12.8. The van der Waals surface area contributed by atoms with E-state index >= 15 is 0 Å². The molecule has 0 fully saturated rings. The van der Waals surface area contributed by atoms with Gasteiger partial charge in [0.2, 0.25) is 11.8 Å². The van der Waals surface area contributed by atoms with Crippen LogP contribution in [0.2, 0.25) is 0 Å². The second-order valence-electron chi connectivity index (χ2n) is 11.0. The topological polar surface area (TPSA) is 96.0 Å². The molecule has 3 aromatic rings. The summed E-state index contributed by atoms with van der Waals surface area (Å²) in [5.74, 6) is -0.455. The zero-order chi connectivity index (χ0) is 30.2. The van der Waals surface area contributed by atoms with E-state index in [-0.39, 0.29) is 23.0 Å². The largest absolute Gasteiger partial charge is 0.495 e. The smallest absolute Gasteiger partial charge is 0.264 e. The number of sulfonamides is 1. The van der Waals surface area contributed by atoms with Crippen molar-refractivity contribution in [2.75, 3.05) is 24.5 Å². The molecule has 0 spiro atoms. The van der Waals surface area contributed by atoms with E-state index in [0.29, 0.717) is 18.6 Å². The Morgan fingerprint density at radius 2 is 1.56 bits per heavy atom. The number of anilines is 1. The Morgan fingerprint density at radius 1 is 0.951 bits per heavy atom. The van der Waals surface area contributed by atoms with Crippen molar-refractivity contribution >= 4 is 27.5 Å². The predicted molar refractivity (Wildman–Crippen MR) is 163 cm³/mol. The molecule has 0 aliphatic carbocycles. The molecule has 0 aliphatic heterocycles. The van der Waals surface area contributed by atoms with Crippen molar-refractivity contribution in [2.24, 2.45) is 0 Å². The monoisotopic (exact) mass is 579 g/mol. The van der Waals surface area contributed by atoms with Crippen LogP contribution in [0, 0.1) is 6.92 Å². The highest BCUT2D eigenvalue weighted by Gasteiger charge is 2.35. The predicted octanol–water partition coefficient (Wildman–Crippen LogP) is 4.96. The van der Waals surface area contributed by atoms with E-state index < -0.39 is 34.1 Å². The second kappa shape index (κ2) is 13.7. The van der Waals surface area contributed by atoms with Crippen molar-refractivity contribution in [1.82, 2.24) is 10.2 Å². The average molecular weight is 580 g/mol. The van der Waals surface area contributed by atoms with E-state index in [0.717, 1.165) is 15.4 Å². The highest BCUT2D eigenvalue weighted by atomic mass is 32.2. The molecule has 1 atom stereocenters. The van der Waals surface area contributed by atoms with Crippen molar-refractivity contribution in [3.63, 3.8) is 0 Å². The summed E-state index contributed by atoms with van der Waals surface area (Å²) in [6.45, 7) is 9.06. The molecule has 3 rings (SSSR count). The molecule has 8 nitrogen and oxygen atoms in total. The van der Waals surface area contributed by atoms with Gasteiger partial charge in [-0.05, 0) is 75.9 Å². The molecule has 220 valence electrons. The van der Waals surface area contributed by atoms with Gasteiger partial charge >= 0.3 is 0 Å². The van der Waals surface area contributed by atoms with Crippen molar-refractivity contribution < 1.29 is 22.7 Å². The summed E-state index contributed by atoms with van der Waals surface area (Å²) in [4.78, 5) is 29.1. The quantitative estimate of drug-likeness (QED) is 0.327. The lowest BCUT2D eigenvalue weighted by atomic mass is 10.1. The third-order valence-corrected chi connectivity index (χ3v) is 8.36. The van der Waals surface area contributed by atoms with Crippen LogP contribution < -0.4 is 14.4 Å². The minimum Gasteiger partial charge on any atom is -0.495 e. The summed E-state index contributed by atoms with van der Waals surface area (Å²) in [7, 11) is -2.72. The van der Waals surface area contributed by atoms with Crippen molar-refractivity contribution in [1.29, 1.82) is 0 Å². The van der Waals surface area contributed by atoms with Gasteiger partial charge in [0.25, 0.3) is 10.0 Å². The number of nitrogens with zero attached hydrogens (tertiary/aromatic N) is 2. The molecule has 3 aromatic carbocycles. The molecule has 0 aromatic heterocycles. The standard InChI is InChI=1S/C32H41N3O5S/c1-7-27(31(37)33-32(3,4)5)34(21-20-25-14-10-8-11-15-25)30(36)23-35(28-22-24(2)18-19-29(28)40-6)41(38,39)26-16-12-9-13-17-26/h8-19,22,27H,7,20-21,23H2,1-6H3,(H,33,37)/t27-/m1/s1. The molecule has 0 radical (unpaired) electrons. The molecule has 0 aliphatic rings. The summed E-state index contributed by atoms with van der Waals surface area (Å²) in [5.41, 5.74) is 1.56. The first-order valence-corrected chi connectivity index (χ1v) is 15.2. The number of rotatable bonds is 12. The number of hydrogen-bond donors (Lipinski definition) is 1. The fourth-order valence-corrected chi connectivity index (χ4v) is 6.01. The summed E-state index contributed by atoms with van der Waals surface area (Å²) >= 11 is 0. The van der Waals surface area contributed by atoms with Gasteiger partial charge < -0.3 is 15.0 Å². The van der Waals surface area contributed by atoms with E-state index in [1.54, 1.807) is 30.3 Å². The summed E-state index contributed by atoms with van der Waals surface area (Å²) < 4.78 is 34.7. The van der Waals surface area contributed by atoms with Crippen LogP contribution in [-0.4, -0.2) is 56.9 Å². The average Bonchev–Trinajstić information content (AvgIpc) is 2.93. The van der Waals surface area contributed by atoms with Crippen LogP contribution in [0.25, 0.3) is 0 Å². The zero-order valence-electron chi connectivity index (χ0n) is 24.8. The fourth-order valence-electron chi connectivity index (χ4n) is 4.58. The molecule has 0 heterocycles. The van der Waals surface area contributed by atoms with Gasteiger partial charge in [0.15, 0.2) is 0 Å². The Balaban J connectivity index is 2.08. The summed E-state index contributed by atoms with van der Waals surface area (Å²) in [6.07, 6.45) is 0.868. The first-order valence-electron chi connectivity index (χ1n) is 13.7. The maximum atomic E-state index is 14.2. The maximum absolute atomic E-state index is 14.2. The third kappa shape index (κ3) is 8.33. The number of hydrogen-bond acceptors (Lipinski definition) is 5. The lowest BCUT2D eigenvalue weighted by Crippen LogP contribution is -2.56. The van der Waals surface area contributed by atoms with Crippen molar-refractivity contribution in [3.05, 3.63) is 90.0 Å². The van der Waals surface area contributed by atoms with E-state index in [4.69, 9.17) is 4.74 Å².